The third-order valence-electron chi connectivity index (χ3n) is 6.13. The molecular weight excluding hydrogens is 328 g/mol. The fraction of sp³-hybridized carbons (Fsp3) is 0.429. The summed E-state index contributed by atoms with van der Waals surface area (Å²) >= 11 is 0. The molecule has 136 valence electrons. The van der Waals surface area contributed by atoms with E-state index in [-0.39, 0.29) is 29.8 Å². The summed E-state index contributed by atoms with van der Waals surface area (Å²) in [5.41, 5.74) is 4.33. The van der Waals surface area contributed by atoms with E-state index in [1.165, 1.54) is 7.11 Å². The normalized spacial score (nSPS) is 26.1. The van der Waals surface area contributed by atoms with E-state index in [0.29, 0.717) is 6.54 Å². The average molecular weight is 352 g/mol. The van der Waals surface area contributed by atoms with Gasteiger partial charge in [-0.25, -0.2) is 0 Å². The fourth-order valence-corrected chi connectivity index (χ4v) is 4.97. The number of esters is 1. The predicted octanol–water partition coefficient (Wildman–Crippen LogP) is 3.30. The van der Waals surface area contributed by atoms with Crippen molar-refractivity contribution >= 4 is 22.8 Å². The Balaban J connectivity index is 2.05. The van der Waals surface area contributed by atoms with Gasteiger partial charge in [0.1, 0.15) is 0 Å². The van der Waals surface area contributed by atoms with E-state index in [9.17, 15) is 9.59 Å². The minimum absolute atomic E-state index is 0.00509. The summed E-state index contributed by atoms with van der Waals surface area (Å²) in [5, 5.41) is 1.08. The third kappa shape index (κ3) is 2.16. The molecule has 5 nitrogen and oxygen atoms in total. The number of allylic oxidation sites excluding steroid dienone is 1. The Morgan fingerprint density at radius 3 is 2.65 bits per heavy atom. The predicted molar refractivity (Wildman–Crippen MR) is 99.7 cm³/mol. The number of carbonyl (C=O) groups is 2. The van der Waals surface area contributed by atoms with Gasteiger partial charge >= 0.3 is 5.97 Å². The van der Waals surface area contributed by atoms with Crippen molar-refractivity contribution in [2.75, 3.05) is 13.7 Å². The summed E-state index contributed by atoms with van der Waals surface area (Å²) < 4.78 is 7.36. The lowest BCUT2D eigenvalue weighted by molar-refractivity contribution is -0.144. The number of piperidine rings is 1. The van der Waals surface area contributed by atoms with Crippen molar-refractivity contribution in [2.24, 2.45) is 13.0 Å². The molecule has 2 bridgehead atoms. The number of aryl methyl sites for hydroxylation is 1. The molecule has 1 aliphatic heterocycles. The van der Waals surface area contributed by atoms with Crippen LogP contribution in [0.1, 0.15) is 43.5 Å². The second-order valence-electron chi connectivity index (χ2n) is 7.24. The number of hydrogen-bond acceptors (Lipinski definition) is 3. The zero-order valence-corrected chi connectivity index (χ0v) is 15.7. The molecule has 1 amide bonds. The number of fused-ring (bicyclic) bond motifs is 6. The van der Waals surface area contributed by atoms with Crippen LogP contribution in [0.3, 0.4) is 0 Å². The molecule has 0 spiro atoms. The smallest absolute Gasteiger partial charge is 0.313 e. The second kappa shape index (κ2) is 6.01. The largest absolute Gasteiger partial charge is 0.469 e. The van der Waals surface area contributed by atoms with E-state index in [4.69, 9.17) is 4.74 Å². The SMILES string of the molecule is C/C=C1/CN(C(C)=O)[C@H]2C[C@@H]1[C@@H](C(=O)OC)c1c2n(C)c2ccccc12. The zero-order valence-electron chi connectivity index (χ0n) is 15.7. The van der Waals surface area contributed by atoms with Gasteiger partial charge in [0.2, 0.25) is 5.91 Å². The summed E-state index contributed by atoms with van der Waals surface area (Å²) in [7, 11) is 3.48. The van der Waals surface area contributed by atoms with Crippen molar-refractivity contribution in [3.05, 3.63) is 47.2 Å². The van der Waals surface area contributed by atoms with Gasteiger partial charge in [-0.3, -0.25) is 9.59 Å². The van der Waals surface area contributed by atoms with Crippen molar-refractivity contribution in [1.82, 2.24) is 9.47 Å². The Hall–Kier alpha value is -2.56. The molecule has 2 heterocycles. The Labute approximate surface area is 153 Å². The van der Waals surface area contributed by atoms with E-state index >= 15 is 0 Å². The summed E-state index contributed by atoms with van der Waals surface area (Å²) in [6.45, 7) is 4.19. The maximum absolute atomic E-state index is 12.8. The molecule has 26 heavy (non-hydrogen) atoms. The molecular formula is C21H24N2O3. The lowest BCUT2D eigenvalue weighted by Gasteiger charge is -2.47. The number of nitrogens with zero attached hydrogens (tertiary/aromatic N) is 2. The average Bonchev–Trinajstić information content (AvgIpc) is 2.95. The molecule has 1 fully saturated rings. The quantitative estimate of drug-likeness (QED) is 0.584. The number of amides is 1. The molecule has 0 saturated carbocycles. The number of methoxy groups -OCH3 is 1. The Morgan fingerprint density at radius 1 is 1.27 bits per heavy atom. The van der Waals surface area contributed by atoms with Crippen LogP contribution in [0, 0.1) is 5.92 Å². The molecule has 1 aromatic heterocycles. The van der Waals surface area contributed by atoms with Crippen LogP contribution in [-0.2, 0) is 21.4 Å². The van der Waals surface area contributed by atoms with Gasteiger partial charge in [-0.05, 0) is 25.0 Å². The highest BCUT2D eigenvalue weighted by Gasteiger charge is 2.49. The first-order valence-electron chi connectivity index (χ1n) is 9.06. The van der Waals surface area contributed by atoms with E-state index in [0.717, 1.165) is 34.2 Å². The Bertz CT molecular complexity index is 940. The van der Waals surface area contributed by atoms with Crippen molar-refractivity contribution in [3.63, 3.8) is 0 Å². The molecule has 0 radical (unpaired) electrons. The zero-order chi connectivity index (χ0) is 18.6. The van der Waals surface area contributed by atoms with Crippen molar-refractivity contribution in [3.8, 4) is 0 Å². The molecule has 1 aromatic carbocycles. The van der Waals surface area contributed by atoms with Crippen LogP contribution >= 0.6 is 0 Å². The van der Waals surface area contributed by atoms with Gasteiger partial charge in [0.15, 0.2) is 0 Å². The van der Waals surface area contributed by atoms with Gasteiger partial charge in [-0.1, -0.05) is 29.8 Å². The lowest BCUT2D eigenvalue weighted by atomic mass is 9.68. The van der Waals surface area contributed by atoms with Crippen molar-refractivity contribution in [2.45, 2.75) is 32.2 Å². The fourth-order valence-electron chi connectivity index (χ4n) is 4.97. The van der Waals surface area contributed by atoms with Crippen LogP contribution in [0.5, 0.6) is 0 Å². The van der Waals surface area contributed by atoms with Gasteiger partial charge in [-0.15, -0.1) is 0 Å². The van der Waals surface area contributed by atoms with Gasteiger partial charge in [0.25, 0.3) is 0 Å². The van der Waals surface area contributed by atoms with Gasteiger partial charge in [0, 0.05) is 43.0 Å². The molecule has 0 N–H and O–H groups in total. The summed E-state index contributed by atoms with van der Waals surface area (Å²) in [6, 6.07) is 8.14. The highest BCUT2D eigenvalue weighted by Crippen LogP contribution is 2.53. The van der Waals surface area contributed by atoms with Crippen LogP contribution in [-0.4, -0.2) is 35.0 Å². The number of benzene rings is 1. The lowest BCUT2D eigenvalue weighted by Crippen LogP contribution is -2.47. The number of likely N-dealkylation sites (tertiary alicyclic amines) is 1. The van der Waals surface area contributed by atoms with E-state index in [1.54, 1.807) is 6.92 Å². The first-order chi connectivity index (χ1) is 12.5. The van der Waals surface area contributed by atoms with Crippen LogP contribution in [0.15, 0.2) is 35.9 Å². The first kappa shape index (κ1) is 16.9. The molecule has 1 aliphatic carbocycles. The highest BCUT2D eigenvalue weighted by molar-refractivity contribution is 5.93. The van der Waals surface area contributed by atoms with Gasteiger partial charge in [0.05, 0.1) is 19.1 Å². The molecule has 2 aliphatic rings. The number of ether oxygens (including phenoxy) is 1. The number of aromatic nitrogens is 1. The van der Waals surface area contributed by atoms with Gasteiger partial charge in [-0.2, -0.15) is 0 Å². The van der Waals surface area contributed by atoms with Gasteiger partial charge < -0.3 is 14.2 Å². The summed E-state index contributed by atoms with van der Waals surface area (Å²) in [6.07, 6.45) is 2.82. The van der Waals surface area contributed by atoms with E-state index in [2.05, 4.69) is 22.8 Å². The molecule has 4 rings (SSSR count). The Kier molecular flexibility index (Phi) is 3.90. The number of carbonyl (C=O) groups excluding carboxylic acids is 2. The van der Waals surface area contributed by atoms with Crippen molar-refractivity contribution in [1.29, 1.82) is 0 Å². The summed E-state index contributed by atoms with van der Waals surface area (Å²) in [4.78, 5) is 27.1. The maximum Gasteiger partial charge on any atom is 0.313 e. The minimum atomic E-state index is -0.322. The Morgan fingerprint density at radius 2 is 2.00 bits per heavy atom. The number of hydrogen-bond donors (Lipinski definition) is 0. The van der Waals surface area contributed by atoms with Crippen molar-refractivity contribution < 1.29 is 14.3 Å². The second-order valence-corrected chi connectivity index (χ2v) is 7.24. The molecule has 2 aromatic rings. The van der Waals surface area contributed by atoms with Crippen LogP contribution < -0.4 is 0 Å². The van der Waals surface area contributed by atoms with Crippen LogP contribution in [0.2, 0.25) is 0 Å². The number of rotatable bonds is 1. The number of para-hydroxylation sites is 1. The van der Waals surface area contributed by atoms with Crippen LogP contribution in [0.4, 0.5) is 0 Å². The topological polar surface area (TPSA) is 51.5 Å². The highest BCUT2D eigenvalue weighted by atomic mass is 16.5. The van der Waals surface area contributed by atoms with E-state index < -0.39 is 0 Å². The molecule has 1 saturated heterocycles. The first-order valence-corrected chi connectivity index (χ1v) is 9.06. The minimum Gasteiger partial charge on any atom is -0.469 e. The maximum atomic E-state index is 12.8. The molecule has 5 heteroatoms. The van der Waals surface area contributed by atoms with Crippen LogP contribution in [0.25, 0.3) is 10.9 Å². The third-order valence-corrected chi connectivity index (χ3v) is 6.13. The van der Waals surface area contributed by atoms with E-state index in [1.807, 2.05) is 31.0 Å². The monoisotopic (exact) mass is 352 g/mol. The standard InChI is InChI=1S/C21H24N2O3/c1-5-13-11-23(12(2)24)17-10-15(13)19(21(25)26-4)18-14-8-6-7-9-16(14)22(3)20(17)18/h5-9,15,17,19H,10-11H2,1-4H3/b13-5-/t15-,17-,19+/m0/s1. The summed E-state index contributed by atoms with van der Waals surface area (Å²) in [5.74, 6) is -0.369. The molecule has 0 unspecified atom stereocenters. The molecule has 3 atom stereocenters.